The SMILES string of the molecule is C#C[C@H](C)NC(=O)OC(C)(C)C.C[C@@H](CCc1cccc(F)c1OCCO)NC(=O)OC(C)(C)C. The fourth-order valence-corrected chi connectivity index (χ4v) is 2.54. The van der Waals surface area contributed by atoms with E-state index in [-0.39, 0.29) is 31.0 Å². The van der Waals surface area contributed by atoms with E-state index in [1.165, 1.54) is 6.07 Å². The van der Waals surface area contributed by atoms with Crippen molar-refractivity contribution in [1.29, 1.82) is 0 Å². The third-order valence-corrected chi connectivity index (χ3v) is 3.98. The van der Waals surface area contributed by atoms with Crippen LogP contribution in [0.3, 0.4) is 0 Å². The summed E-state index contributed by atoms with van der Waals surface area (Å²) in [5.41, 5.74) is -0.313. The van der Waals surface area contributed by atoms with Crippen molar-refractivity contribution in [3.63, 3.8) is 0 Å². The number of carbonyl (C=O) groups excluding carboxylic acids is 2. The second-order valence-corrected chi connectivity index (χ2v) is 9.92. The van der Waals surface area contributed by atoms with E-state index in [9.17, 15) is 14.0 Å². The number of terminal acetylenes is 1. The molecule has 8 nitrogen and oxygen atoms in total. The first-order valence-corrected chi connectivity index (χ1v) is 11.5. The van der Waals surface area contributed by atoms with E-state index < -0.39 is 29.2 Å². The molecule has 0 spiro atoms. The van der Waals surface area contributed by atoms with Crippen LogP contribution in [-0.2, 0) is 15.9 Å². The van der Waals surface area contributed by atoms with Crippen molar-refractivity contribution in [3.05, 3.63) is 29.6 Å². The van der Waals surface area contributed by atoms with Crippen molar-refractivity contribution < 1.29 is 33.3 Å². The molecule has 0 aliphatic carbocycles. The molecule has 0 unspecified atom stereocenters. The van der Waals surface area contributed by atoms with Crippen LogP contribution in [0.4, 0.5) is 14.0 Å². The third kappa shape index (κ3) is 16.3. The number of aliphatic hydroxyl groups excluding tert-OH is 1. The Labute approximate surface area is 208 Å². The number of hydrogen-bond acceptors (Lipinski definition) is 6. The fourth-order valence-electron chi connectivity index (χ4n) is 2.54. The van der Waals surface area contributed by atoms with E-state index >= 15 is 0 Å². The molecule has 0 aliphatic heterocycles. The minimum absolute atomic E-state index is 0.0413. The molecule has 0 aromatic heterocycles. The van der Waals surface area contributed by atoms with Gasteiger partial charge >= 0.3 is 12.2 Å². The Morgan fingerprint density at radius 2 is 1.60 bits per heavy atom. The molecule has 1 aromatic rings. The zero-order valence-electron chi connectivity index (χ0n) is 22.2. The van der Waals surface area contributed by atoms with Crippen molar-refractivity contribution in [3.8, 4) is 18.1 Å². The van der Waals surface area contributed by atoms with Crippen molar-refractivity contribution in [2.45, 2.75) is 91.5 Å². The molecule has 0 radical (unpaired) electrons. The topological polar surface area (TPSA) is 106 Å². The maximum atomic E-state index is 13.8. The number of rotatable bonds is 8. The van der Waals surface area contributed by atoms with Crippen LogP contribution >= 0.6 is 0 Å². The van der Waals surface area contributed by atoms with Crippen LogP contribution in [0.5, 0.6) is 5.75 Å². The summed E-state index contributed by atoms with van der Waals surface area (Å²) in [4.78, 5) is 22.7. The first-order valence-electron chi connectivity index (χ1n) is 11.5. The molecule has 0 saturated carbocycles. The Balaban J connectivity index is 0.000000814. The van der Waals surface area contributed by atoms with Crippen LogP contribution in [0.1, 0.15) is 67.4 Å². The van der Waals surface area contributed by atoms with Crippen molar-refractivity contribution in [2.24, 2.45) is 0 Å². The predicted molar refractivity (Wildman–Crippen MR) is 134 cm³/mol. The largest absolute Gasteiger partial charge is 0.488 e. The lowest BCUT2D eigenvalue weighted by atomic mass is 10.0. The standard InChI is InChI=1S/C17H26FNO4.C9H15NO2/c1-12(19-16(21)23-17(2,3)4)8-9-13-6-5-7-14(18)15(13)22-11-10-20;1-6-7(2)10-8(11)12-9(3,4)5/h5-7,12,20H,8-11H2,1-4H3,(H,19,21);1,7H,2-5H3,(H,10,11)/t12-;7-/m00/s1. The molecule has 198 valence electrons. The number of para-hydroxylation sites is 1. The minimum Gasteiger partial charge on any atom is -0.488 e. The van der Waals surface area contributed by atoms with Gasteiger partial charge in [0, 0.05) is 6.04 Å². The van der Waals surface area contributed by atoms with Gasteiger partial charge in [0.2, 0.25) is 0 Å². The van der Waals surface area contributed by atoms with Gasteiger partial charge in [-0.25, -0.2) is 14.0 Å². The number of halogens is 1. The molecular formula is C26H41FN2O6. The summed E-state index contributed by atoms with van der Waals surface area (Å²) in [6, 6.07) is 4.29. The van der Waals surface area contributed by atoms with Gasteiger partial charge in [-0.15, -0.1) is 6.42 Å². The summed E-state index contributed by atoms with van der Waals surface area (Å²) in [7, 11) is 0. The average Bonchev–Trinajstić information content (AvgIpc) is 2.69. The van der Waals surface area contributed by atoms with Crippen LogP contribution in [0.25, 0.3) is 0 Å². The van der Waals surface area contributed by atoms with E-state index in [2.05, 4.69) is 16.6 Å². The number of hydrogen-bond donors (Lipinski definition) is 3. The number of amides is 2. The second kappa shape index (κ2) is 15.1. The van der Waals surface area contributed by atoms with Gasteiger partial charge in [0.25, 0.3) is 0 Å². The first-order chi connectivity index (χ1) is 16.1. The zero-order chi connectivity index (χ0) is 27.2. The number of ether oxygens (including phenoxy) is 3. The zero-order valence-corrected chi connectivity index (χ0v) is 22.2. The first kappa shape index (κ1) is 32.0. The van der Waals surface area contributed by atoms with Gasteiger partial charge < -0.3 is 30.0 Å². The highest BCUT2D eigenvalue weighted by Crippen LogP contribution is 2.24. The van der Waals surface area contributed by atoms with Gasteiger partial charge in [-0.1, -0.05) is 18.1 Å². The van der Waals surface area contributed by atoms with Gasteiger partial charge in [-0.2, -0.15) is 0 Å². The number of aryl methyl sites for hydroxylation is 1. The molecule has 1 aromatic carbocycles. The van der Waals surface area contributed by atoms with E-state index in [0.717, 1.165) is 0 Å². The van der Waals surface area contributed by atoms with Gasteiger partial charge in [0.15, 0.2) is 11.6 Å². The van der Waals surface area contributed by atoms with Crippen LogP contribution in [0, 0.1) is 18.2 Å². The summed E-state index contributed by atoms with van der Waals surface area (Å²) >= 11 is 0. The highest BCUT2D eigenvalue weighted by Gasteiger charge is 2.18. The molecule has 2 amide bonds. The number of benzene rings is 1. The number of aliphatic hydroxyl groups is 1. The van der Waals surface area contributed by atoms with Gasteiger partial charge in [0.1, 0.15) is 17.8 Å². The lowest BCUT2D eigenvalue weighted by Crippen LogP contribution is -2.37. The third-order valence-electron chi connectivity index (χ3n) is 3.98. The summed E-state index contributed by atoms with van der Waals surface area (Å²) in [6.07, 6.45) is 5.26. The number of carbonyl (C=O) groups is 2. The summed E-state index contributed by atoms with van der Waals surface area (Å²) in [5, 5.41) is 14.0. The molecular weight excluding hydrogens is 455 g/mol. The predicted octanol–water partition coefficient (Wildman–Crippen LogP) is 4.58. The molecule has 35 heavy (non-hydrogen) atoms. The Morgan fingerprint density at radius 3 is 2.09 bits per heavy atom. The lowest BCUT2D eigenvalue weighted by Gasteiger charge is -2.22. The second-order valence-electron chi connectivity index (χ2n) is 9.92. The molecule has 3 N–H and O–H groups in total. The van der Waals surface area contributed by atoms with Crippen LogP contribution in [0.2, 0.25) is 0 Å². The smallest absolute Gasteiger partial charge is 0.408 e. The van der Waals surface area contributed by atoms with Crippen molar-refractivity contribution in [1.82, 2.24) is 10.6 Å². The highest BCUT2D eigenvalue weighted by atomic mass is 19.1. The van der Waals surface area contributed by atoms with Crippen LogP contribution in [0.15, 0.2) is 18.2 Å². The molecule has 0 aliphatic rings. The van der Waals surface area contributed by atoms with E-state index in [4.69, 9.17) is 25.7 Å². The maximum Gasteiger partial charge on any atom is 0.408 e. The molecule has 9 heteroatoms. The average molecular weight is 497 g/mol. The fraction of sp³-hybridized carbons (Fsp3) is 0.615. The molecule has 0 saturated heterocycles. The van der Waals surface area contributed by atoms with Gasteiger partial charge in [-0.3, -0.25) is 0 Å². The minimum atomic E-state index is -0.544. The monoisotopic (exact) mass is 496 g/mol. The normalized spacial score (nSPS) is 12.7. The summed E-state index contributed by atoms with van der Waals surface area (Å²) < 4.78 is 29.2. The van der Waals surface area contributed by atoms with Crippen LogP contribution < -0.4 is 15.4 Å². The number of alkyl carbamates (subject to hydrolysis) is 2. The summed E-state index contributed by atoms with van der Waals surface area (Å²) in [6.45, 7) is 14.2. The Hall–Kier alpha value is -2.99. The molecule has 0 bridgehead atoms. The quantitative estimate of drug-likeness (QED) is 0.455. The van der Waals surface area contributed by atoms with Crippen LogP contribution in [-0.4, -0.2) is 53.8 Å². The lowest BCUT2D eigenvalue weighted by molar-refractivity contribution is 0.0499. The Kier molecular flexibility index (Phi) is 13.8. The highest BCUT2D eigenvalue weighted by molar-refractivity contribution is 5.68. The Morgan fingerprint density at radius 1 is 1.06 bits per heavy atom. The summed E-state index contributed by atoms with van der Waals surface area (Å²) in [5.74, 6) is 2.07. The van der Waals surface area contributed by atoms with Crippen molar-refractivity contribution in [2.75, 3.05) is 13.2 Å². The van der Waals surface area contributed by atoms with E-state index in [1.807, 2.05) is 6.92 Å². The van der Waals surface area contributed by atoms with E-state index in [0.29, 0.717) is 18.4 Å². The Bertz CT molecular complexity index is 840. The van der Waals surface area contributed by atoms with Gasteiger partial charge in [-0.05, 0) is 79.9 Å². The van der Waals surface area contributed by atoms with E-state index in [1.54, 1.807) is 60.6 Å². The van der Waals surface area contributed by atoms with Crippen molar-refractivity contribution >= 4 is 12.2 Å². The molecule has 0 fully saturated rings. The molecule has 1 rings (SSSR count). The molecule has 0 heterocycles. The molecule has 2 atom stereocenters. The number of nitrogens with one attached hydrogen (secondary N) is 2. The maximum absolute atomic E-state index is 13.8. The van der Waals surface area contributed by atoms with Gasteiger partial charge in [0.05, 0.1) is 12.6 Å².